The quantitative estimate of drug-likeness (QED) is 0.200. The summed E-state index contributed by atoms with van der Waals surface area (Å²) in [5.74, 6) is 0.942. The molecular weight excluding hydrogens is 659 g/mol. The van der Waals surface area contributed by atoms with Crippen LogP contribution < -0.4 is 9.46 Å². The average molecular weight is 690 g/mol. The van der Waals surface area contributed by atoms with Gasteiger partial charge in [-0.2, -0.15) is 0 Å². The number of nitrogens with one attached hydrogen (secondary N) is 1. The Morgan fingerprint density at radius 1 is 0.810 bits per heavy atom. The summed E-state index contributed by atoms with van der Waals surface area (Å²) < 4.78 is 36.1. The molecule has 0 aliphatic heterocycles. The van der Waals surface area contributed by atoms with Gasteiger partial charge >= 0.3 is 0 Å². The van der Waals surface area contributed by atoms with Crippen molar-refractivity contribution in [2.45, 2.75) is 46.1 Å². The SMILES string of the molecule is Cc1c(C)c(C)c(S(=O)(=O)Nc2ccc(C(=O)N(C)Cc3ccc(Oc4ccc(Cl)c(Cl)c4)cc3Br)cc2)c(C)c1C. The van der Waals surface area contributed by atoms with E-state index in [1.54, 1.807) is 54.4 Å². The lowest BCUT2D eigenvalue weighted by Gasteiger charge is -2.20. The highest BCUT2D eigenvalue weighted by Crippen LogP contribution is 2.33. The molecule has 0 radical (unpaired) electrons. The number of hydrogen-bond acceptors (Lipinski definition) is 4. The van der Waals surface area contributed by atoms with Crippen molar-refractivity contribution in [3.05, 3.63) is 114 Å². The van der Waals surface area contributed by atoms with Crippen molar-refractivity contribution in [2.24, 2.45) is 0 Å². The molecule has 0 aliphatic rings. The van der Waals surface area contributed by atoms with Crippen LogP contribution in [0.15, 0.2) is 70.0 Å². The average Bonchev–Trinajstić information content (AvgIpc) is 2.94. The largest absolute Gasteiger partial charge is 0.457 e. The number of halogens is 3. The van der Waals surface area contributed by atoms with Crippen molar-refractivity contribution >= 4 is 60.7 Å². The van der Waals surface area contributed by atoms with Crippen molar-refractivity contribution in [3.63, 3.8) is 0 Å². The van der Waals surface area contributed by atoms with Crippen molar-refractivity contribution in [1.29, 1.82) is 0 Å². The Kier molecular flexibility index (Phi) is 9.62. The maximum absolute atomic E-state index is 13.4. The topological polar surface area (TPSA) is 75.7 Å². The van der Waals surface area contributed by atoms with Gasteiger partial charge in [0, 0.05) is 35.4 Å². The lowest BCUT2D eigenvalue weighted by atomic mass is 9.95. The molecule has 0 bridgehead atoms. The summed E-state index contributed by atoms with van der Waals surface area (Å²) in [5, 5.41) is 0.846. The Balaban J connectivity index is 1.44. The Hall–Kier alpha value is -3.04. The molecule has 4 rings (SSSR count). The second-order valence-corrected chi connectivity index (χ2v) is 13.5. The monoisotopic (exact) mass is 688 g/mol. The van der Waals surface area contributed by atoms with Crippen LogP contribution in [0.5, 0.6) is 11.5 Å². The van der Waals surface area contributed by atoms with Gasteiger partial charge in [0.25, 0.3) is 15.9 Å². The van der Waals surface area contributed by atoms with E-state index in [-0.39, 0.29) is 5.91 Å². The molecule has 6 nitrogen and oxygen atoms in total. The van der Waals surface area contributed by atoms with Gasteiger partial charge < -0.3 is 9.64 Å². The number of rotatable bonds is 8. The van der Waals surface area contributed by atoms with Crippen molar-refractivity contribution in [1.82, 2.24) is 4.90 Å². The van der Waals surface area contributed by atoms with Crippen LogP contribution >= 0.6 is 39.1 Å². The summed E-state index contributed by atoms with van der Waals surface area (Å²) >= 11 is 15.6. The lowest BCUT2D eigenvalue weighted by Crippen LogP contribution is -2.26. The fourth-order valence-electron chi connectivity index (χ4n) is 4.70. The van der Waals surface area contributed by atoms with E-state index in [2.05, 4.69) is 20.7 Å². The van der Waals surface area contributed by atoms with E-state index in [0.717, 1.165) is 37.9 Å². The maximum Gasteiger partial charge on any atom is 0.262 e. The first-order chi connectivity index (χ1) is 19.7. The zero-order valence-corrected chi connectivity index (χ0v) is 28.0. The zero-order chi connectivity index (χ0) is 30.9. The third kappa shape index (κ3) is 6.78. The van der Waals surface area contributed by atoms with Crippen LogP contribution in [0.3, 0.4) is 0 Å². The molecule has 0 atom stereocenters. The summed E-state index contributed by atoms with van der Waals surface area (Å²) in [6.45, 7) is 9.87. The first-order valence-electron chi connectivity index (χ1n) is 13.1. The molecule has 0 unspecified atom stereocenters. The molecule has 42 heavy (non-hydrogen) atoms. The summed E-state index contributed by atoms with van der Waals surface area (Å²) in [5.41, 5.74) is 6.18. The molecule has 1 amide bonds. The van der Waals surface area contributed by atoms with Crippen LogP contribution in [0.25, 0.3) is 0 Å². The minimum atomic E-state index is -3.83. The lowest BCUT2D eigenvalue weighted by molar-refractivity contribution is 0.0785. The number of sulfonamides is 1. The number of nitrogens with zero attached hydrogens (tertiary/aromatic N) is 1. The Bertz CT molecular complexity index is 1760. The van der Waals surface area contributed by atoms with Gasteiger partial charge in [0.15, 0.2) is 0 Å². The van der Waals surface area contributed by atoms with Gasteiger partial charge in [0.2, 0.25) is 0 Å². The Morgan fingerprint density at radius 3 is 1.93 bits per heavy atom. The first kappa shape index (κ1) is 31.9. The molecule has 10 heteroatoms. The van der Waals surface area contributed by atoms with Crippen LogP contribution in [0, 0.1) is 34.6 Å². The first-order valence-corrected chi connectivity index (χ1v) is 16.1. The smallest absolute Gasteiger partial charge is 0.262 e. The Morgan fingerprint density at radius 2 is 1.36 bits per heavy atom. The van der Waals surface area contributed by atoms with Gasteiger partial charge in [-0.25, -0.2) is 8.42 Å². The third-order valence-corrected chi connectivity index (χ3v) is 10.6. The number of ether oxygens (including phenoxy) is 1. The van der Waals surface area contributed by atoms with E-state index < -0.39 is 10.0 Å². The number of amides is 1. The molecule has 0 fully saturated rings. The second-order valence-electron chi connectivity index (χ2n) is 10.2. The van der Waals surface area contributed by atoms with Crippen LogP contribution in [0.4, 0.5) is 5.69 Å². The molecule has 4 aromatic rings. The van der Waals surface area contributed by atoms with Crippen LogP contribution in [-0.2, 0) is 16.6 Å². The highest BCUT2D eigenvalue weighted by Gasteiger charge is 2.24. The van der Waals surface area contributed by atoms with Gasteiger partial charge in [-0.15, -0.1) is 0 Å². The van der Waals surface area contributed by atoms with Crippen LogP contribution in [-0.4, -0.2) is 26.3 Å². The van der Waals surface area contributed by atoms with E-state index in [0.29, 0.717) is 44.2 Å². The highest BCUT2D eigenvalue weighted by molar-refractivity contribution is 9.10. The number of anilines is 1. The van der Waals surface area contributed by atoms with E-state index in [1.807, 2.05) is 52.8 Å². The molecule has 1 N–H and O–H groups in total. The van der Waals surface area contributed by atoms with E-state index in [9.17, 15) is 13.2 Å². The standard InChI is InChI=1S/C32H31BrCl2N2O4S/c1-18-19(2)21(4)31(22(5)20(18)3)42(39,40)36-25-10-7-23(8-11-25)32(38)37(6)17-24-9-12-26(15-28(24)33)41-27-13-14-29(34)30(35)16-27/h7-16,36H,17H2,1-6H3. The molecule has 0 spiro atoms. The van der Waals surface area contributed by atoms with E-state index in [4.69, 9.17) is 27.9 Å². The maximum atomic E-state index is 13.4. The van der Waals surface area contributed by atoms with Crippen molar-refractivity contribution in [3.8, 4) is 11.5 Å². The fraction of sp³-hybridized carbons (Fsp3) is 0.219. The minimum Gasteiger partial charge on any atom is -0.457 e. The number of carbonyl (C=O) groups is 1. The van der Waals surface area contributed by atoms with Gasteiger partial charge in [-0.05, 0) is 117 Å². The molecule has 4 aromatic carbocycles. The van der Waals surface area contributed by atoms with Gasteiger partial charge in [0.1, 0.15) is 11.5 Å². The fourth-order valence-corrected chi connectivity index (χ4v) is 7.13. The summed E-state index contributed by atoms with van der Waals surface area (Å²) in [4.78, 5) is 15.0. The van der Waals surface area contributed by atoms with E-state index in [1.165, 1.54) is 0 Å². The summed E-state index contributed by atoms with van der Waals surface area (Å²) in [6, 6.07) is 17.0. The molecule has 0 heterocycles. The number of hydrogen-bond donors (Lipinski definition) is 1. The number of carbonyl (C=O) groups excluding carboxylic acids is 1. The van der Waals surface area contributed by atoms with Crippen molar-refractivity contribution in [2.75, 3.05) is 11.8 Å². The van der Waals surface area contributed by atoms with Gasteiger partial charge in [0.05, 0.1) is 14.9 Å². The third-order valence-electron chi connectivity index (χ3n) is 7.49. The molecule has 0 aromatic heterocycles. The highest BCUT2D eigenvalue weighted by atomic mass is 79.9. The van der Waals surface area contributed by atoms with Gasteiger partial charge in [-0.1, -0.05) is 45.2 Å². The molecule has 0 saturated carbocycles. The summed E-state index contributed by atoms with van der Waals surface area (Å²) in [7, 11) is -2.12. The van der Waals surface area contributed by atoms with Gasteiger partial charge in [-0.3, -0.25) is 9.52 Å². The van der Waals surface area contributed by atoms with E-state index >= 15 is 0 Å². The second kappa shape index (κ2) is 12.7. The minimum absolute atomic E-state index is 0.205. The molecule has 0 saturated heterocycles. The van der Waals surface area contributed by atoms with Crippen molar-refractivity contribution < 1.29 is 17.9 Å². The molecule has 220 valence electrons. The predicted octanol–water partition coefficient (Wildman–Crippen LogP) is 9.16. The molecule has 0 aliphatic carbocycles. The Labute approximate surface area is 265 Å². The normalized spacial score (nSPS) is 11.4. The number of benzene rings is 4. The summed E-state index contributed by atoms with van der Waals surface area (Å²) in [6.07, 6.45) is 0. The van der Waals surface area contributed by atoms with Crippen LogP contribution in [0.2, 0.25) is 10.0 Å². The zero-order valence-electron chi connectivity index (χ0n) is 24.1. The predicted molar refractivity (Wildman–Crippen MR) is 174 cm³/mol. The van der Waals surface area contributed by atoms with Crippen LogP contribution in [0.1, 0.15) is 43.7 Å². The molecular formula is C32H31BrCl2N2O4S.